The van der Waals surface area contributed by atoms with E-state index in [-0.39, 0.29) is 0 Å². The van der Waals surface area contributed by atoms with Crippen molar-refractivity contribution in [1.82, 2.24) is 4.98 Å². The zero-order chi connectivity index (χ0) is 13.0. The molecule has 0 spiro atoms. The van der Waals surface area contributed by atoms with Gasteiger partial charge >= 0.3 is 8.72 Å². The second-order valence-corrected chi connectivity index (χ2v) is 18.3. The molecule has 0 amide bonds. The Balaban J connectivity index is 4.61. The lowest BCUT2D eigenvalue weighted by Crippen LogP contribution is -2.62. The molecular formula is C9H27NO3Si3. The van der Waals surface area contributed by atoms with Gasteiger partial charge in [-0.2, -0.15) is 0 Å². The normalized spacial score (nSPS) is 14.2. The number of hydrogen-bond donors (Lipinski definition) is 1. The van der Waals surface area contributed by atoms with E-state index < -0.39 is 25.4 Å². The molecule has 0 atom stereocenters. The van der Waals surface area contributed by atoms with Gasteiger partial charge in [0.25, 0.3) is 0 Å². The van der Waals surface area contributed by atoms with Crippen molar-refractivity contribution >= 4 is 25.4 Å². The largest absolute Gasteiger partial charge is 0.425 e. The second-order valence-electron chi connectivity index (χ2n) is 5.98. The molecular weight excluding hydrogens is 254 g/mol. The van der Waals surface area contributed by atoms with E-state index in [1.54, 1.807) is 7.11 Å². The summed E-state index contributed by atoms with van der Waals surface area (Å²) in [5.41, 5.74) is 0. The molecule has 0 rings (SSSR count). The van der Waals surface area contributed by atoms with Crippen LogP contribution < -0.4 is 4.98 Å². The van der Waals surface area contributed by atoms with Gasteiger partial charge in [0, 0.05) is 7.11 Å². The molecule has 0 heterocycles. The van der Waals surface area contributed by atoms with Crippen molar-refractivity contribution in [3.8, 4) is 0 Å². The van der Waals surface area contributed by atoms with Crippen molar-refractivity contribution in [2.24, 2.45) is 0 Å². The molecule has 0 saturated carbocycles. The molecule has 1 N–H and O–H groups in total. The third-order valence-corrected chi connectivity index (χ3v) is 10.3. The van der Waals surface area contributed by atoms with Crippen LogP contribution in [0.15, 0.2) is 0 Å². The van der Waals surface area contributed by atoms with E-state index in [9.17, 15) is 0 Å². The van der Waals surface area contributed by atoms with Gasteiger partial charge in [0.1, 0.15) is 0 Å². The molecule has 0 aliphatic rings. The summed E-state index contributed by atoms with van der Waals surface area (Å²) in [6, 6.07) is 0. The van der Waals surface area contributed by atoms with Crippen LogP contribution in [0.5, 0.6) is 0 Å². The first-order valence-electron chi connectivity index (χ1n) is 5.62. The number of ether oxygens (including phenoxy) is 1. The quantitative estimate of drug-likeness (QED) is 0.575. The number of methoxy groups -OCH3 is 1. The van der Waals surface area contributed by atoms with E-state index in [0.717, 1.165) is 0 Å². The molecule has 0 unspecified atom stereocenters. The summed E-state index contributed by atoms with van der Waals surface area (Å²) in [6.45, 7) is 15.6. The van der Waals surface area contributed by atoms with Gasteiger partial charge < -0.3 is 13.0 Å². The molecule has 0 aliphatic heterocycles. The maximum Gasteiger partial charge on any atom is 0.402 e. The van der Waals surface area contributed by atoms with Gasteiger partial charge in [0.2, 0.25) is 0 Å². The van der Waals surface area contributed by atoms with Crippen LogP contribution in [-0.2, 0) is 13.0 Å². The Morgan fingerprint density at radius 2 is 1.19 bits per heavy atom. The highest BCUT2D eigenvalue weighted by molar-refractivity contribution is 6.86. The molecule has 0 radical (unpaired) electrons. The van der Waals surface area contributed by atoms with E-state index in [2.05, 4.69) is 50.8 Å². The molecule has 0 aliphatic carbocycles. The highest BCUT2D eigenvalue weighted by atomic mass is 28.5. The highest BCUT2D eigenvalue weighted by Crippen LogP contribution is 2.18. The zero-order valence-corrected chi connectivity index (χ0v) is 14.9. The SMILES string of the molecule is COCN[Si](C)(O[Si](C)(C)C)O[Si](C)(C)C. The van der Waals surface area contributed by atoms with Crippen LogP contribution in [0.2, 0.25) is 45.8 Å². The average Bonchev–Trinajstić information content (AvgIpc) is 1.93. The third kappa shape index (κ3) is 8.62. The molecule has 0 saturated heterocycles. The van der Waals surface area contributed by atoms with Gasteiger partial charge in [-0.05, 0) is 45.8 Å². The summed E-state index contributed by atoms with van der Waals surface area (Å²) in [5.74, 6) is 0. The topological polar surface area (TPSA) is 39.7 Å². The minimum Gasteiger partial charge on any atom is -0.425 e. The summed E-state index contributed by atoms with van der Waals surface area (Å²) in [6.07, 6.45) is 0. The molecule has 0 bridgehead atoms. The Hall–Kier alpha value is 0.491. The number of rotatable bonds is 7. The van der Waals surface area contributed by atoms with E-state index in [1.807, 2.05) is 0 Å². The van der Waals surface area contributed by atoms with Crippen LogP contribution in [-0.4, -0.2) is 39.2 Å². The van der Waals surface area contributed by atoms with Crippen LogP contribution in [0.3, 0.4) is 0 Å². The lowest BCUT2D eigenvalue weighted by atomic mass is 11.3. The van der Waals surface area contributed by atoms with Crippen LogP contribution in [0.25, 0.3) is 0 Å². The maximum absolute atomic E-state index is 6.20. The Morgan fingerprint density at radius 3 is 1.44 bits per heavy atom. The molecule has 98 valence electrons. The first-order chi connectivity index (χ1) is 6.97. The number of hydrogen-bond acceptors (Lipinski definition) is 4. The summed E-state index contributed by atoms with van der Waals surface area (Å²) in [4.78, 5) is 3.30. The Morgan fingerprint density at radius 1 is 0.812 bits per heavy atom. The molecule has 0 aromatic carbocycles. The second kappa shape index (κ2) is 5.89. The molecule has 0 aromatic heterocycles. The molecule has 4 nitrogen and oxygen atoms in total. The monoisotopic (exact) mass is 281 g/mol. The molecule has 0 aromatic rings. The van der Waals surface area contributed by atoms with Crippen LogP contribution in [0, 0.1) is 0 Å². The first kappa shape index (κ1) is 16.5. The minimum absolute atomic E-state index is 0.484. The van der Waals surface area contributed by atoms with Gasteiger partial charge in [-0.25, -0.2) is 0 Å². The van der Waals surface area contributed by atoms with Crippen molar-refractivity contribution in [3.63, 3.8) is 0 Å². The summed E-state index contributed by atoms with van der Waals surface area (Å²) in [5, 5.41) is 0. The summed E-state index contributed by atoms with van der Waals surface area (Å²) >= 11 is 0. The lowest BCUT2D eigenvalue weighted by molar-refractivity contribution is 0.179. The third-order valence-electron chi connectivity index (χ3n) is 1.54. The Labute approximate surface area is 103 Å². The van der Waals surface area contributed by atoms with Gasteiger partial charge in [-0.15, -0.1) is 0 Å². The standard InChI is InChI=1S/C9H27NO3Si3/c1-11-9-10-16(8,12-14(2,3)4)13-15(5,6)7/h10H,9H2,1-8H3. The molecule has 16 heavy (non-hydrogen) atoms. The van der Waals surface area contributed by atoms with Crippen molar-refractivity contribution < 1.29 is 13.0 Å². The van der Waals surface area contributed by atoms with Crippen molar-refractivity contribution in [3.05, 3.63) is 0 Å². The first-order valence-corrected chi connectivity index (χ1v) is 14.7. The van der Waals surface area contributed by atoms with E-state index >= 15 is 0 Å². The highest BCUT2D eigenvalue weighted by Gasteiger charge is 2.40. The predicted octanol–water partition coefficient (Wildman–Crippen LogP) is 2.45. The fourth-order valence-electron chi connectivity index (χ4n) is 1.46. The van der Waals surface area contributed by atoms with E-state index in [1.165, 1.54) is 0 Å². The molecule has 0 fully saturated rings. The maximum atomic E-state index is 6.20. The van der Waals surface area contributed by atoms with Gasteiger partial charge in [-0.1, -0.05) is 0 Å². The zero-order valence-electron chi connectivity index (χ0n) is 11.9. The van der Waals surface area contributed by atoms with Crippen molar-refractivity contribution in [1.29, 1.82) is 0 Å². The van der Waals surface area contributed by atoms with Crippen LogP contribution in [0.1, 0.15) is 0 Å². The molecule has 7 heteroatoms. The van der Waals surface area contributed by atoms with Crippen molar-refractivity contribution in [2.75, 3.05) is 13.8 Å². The van der Waals surface area contributed by atoms with Gasteiger partial charge in [-0.3, -0.25) is 4.98 Å². The van der Waals surface area contributed by atoms with Crippen molar-refractivity contribution in [2.45, 2.75) is 45.8 Å². The van der Waals surface area contributed by atoms with Crippen LogP contribution in [0.4, 0.5) is 0 Å². The summed E-state index contributed by atoms with van der Waals surface area (Å²) in [7, 11) is -3.82. The fraction of sp³-hybridized carbons (Fsp3) is 1.00. The minimum atomic E-state index is -2.29. The average molecular weight is 282 g/mol. The van der Waals surface area contributed by atoms with E-state index in [4.69, 9.17) is 13.0 Å². The van der Waals surface area contributed by atoms with Crippen LogP contribution >= 0.6 is 0 Å². The smallest absolute Gasteiger partial charge is 0.402 e. The van der Waals surface area contributed by atoms with Gasteiger partial charge in [0.05, 0.1) is 6.73 Å². The lowest BCUT2D eigenvalue weighted by Gasteiger charge is -2.38. The van der Waals surface area contributed by atoms with E-state index in [0.29, 0.717) is 6.73 Å². The number of nitrogens with one attached hydrogen (secondary N) is 1. The summed E-state index contributed by atoms with van der Waals surface area (Å²) < 4.78 is 17.5. The Bertz CT molecular complexity index is 197. The van der Waals surface area contributed by atoms with Gasteiger partial charge in [0.15, 0.2) is 16.6 Å². The fourth-order valence-corrected chi connectivity index (χ4v) is 12.3. The Kier molecular flexibility index (Phi) is 6.08. The predicted molar refractivity (Wildman–Crippen MR) is 75.5 cm³/mol.